The van der Waals surface area contributed by atoms with Crippen molar-refractivity contribution in [1.29, 1.82) is 0 Å². The Bertz CT molecular complexity index is 1030. The molecule has 0 bridgehead atoms. The standard InChI is InChI=1S/C17H16FN5O3/c1-23(2)16(24)8-4-11(18)14(20-6-8)12-5-9-10(17(25)26-3)7-21-15(19)13(9)22-12/h4-7,22H,1-3H3,(H2,19,21). The number of nitrogen functional groups attached to an aromatic ring is 1. The molecule has 0 aromatic carbocycles. The van der Waals surface area contributed by atoms with Crippen molar-refractivity contribution in [3.63, 3.8) is 0 Å². The molecule has 3 aromatic heterocycles. The molecule has 8 nitrogen and oxygen atoms in total. The topological polar surface area (TPSA) is 114 Å². The van der Waals surface area contributed by atoms with Crippen LogP contribution >= 0.6 is 0 Å². The number of H-pyrrole nitrogens is 1. The van der Waals surface area contributed by atoms with Gasteiger partial charge < -0.3 is 20.4 Å². The minimum absolute atomic E-state index is 0.00766. The molecule has 0 aliphatic heterocycles. The molecule has 0 radical (unpaired) electrons. The zero-order valence-electron chi connectivity index (χ0n) is 14.3. The Morgan fingerprint density at radius 3 is 2.58 bits per heavy atom. The second kappa shape index (κ2) is 6.43. The predicted octanol–water partition coefficient (Wildman–Crippen LogP) is 1.83. The summed E-state index contributed by atoms with van der Waals surface area (Å²) in [5.41, 5.74) is 6.82. The minimum atomic E-state index is -0.685. The van der Waals surface area contributed by atoms with Gasteiger partial charge in [0.05, 0.1) is 29.4 Å². The molecule has 26 heavy (non-hydrogen) atoms. The number of ether oxygens (including phenoxy) is 1. The van der Waals surface area contributed by atoms with E-state index in [-0.39, 0.29) is 28.5 Å². The summed E-state index contributed by atoms with van der Waals surface area (Å²) in [6.45, 7) is 0. The van der Waals surface area contributed by atoms with Crippen molar-refractivity contribution < 1.29 is 18.7 Å². The van der Waals surface area contributed by atoms with Crippen molar-refractivity contribution in [2.45, 2.75) is 0 Å². The van der Waals surface area contributed by atoms with E-state index in [0.717, 1.165) is 6.07 Å². The first kappa shape index (κ1) is 17.3. The number of nitrogens with two attached hydrogens (primary N) is 1. The van der Waals surface area contributed by atoms with E-state index in [1.165, 1.54) is 24.4 Å². The lowest BCUT2D eigenvalue weighted by molar-refractivity contribution is 0.0602. The van der Waals surface area contributed by atoms with Gasteiger partial charge in [-0.3, -0.25) is 9.78 Å². The number of aromatic amines is 1. The number of nitrogens with zero attached hydrogens (tertiary/aromatic N) is 3. The summed E-state index contributed by atoms with van der Waals surface area (Å²) in [7, 11) is 4.38. The Labute approximate surface area is 147 Å². The maximum absolute atomic E-state index is 14.5. The number of esters is 1. The normalized spacial score (nSPS) is 10.8. The van der Waals surface area contributed by atoms with Crippen LogP contribution in [0.1, 0.15) is 20.7 Å². The number of pyridine rings is 2. The molecule has 3 aromatic rings. The maximum atomic E-state index is 14.5. The Morgan fingerprint density at radius 2 is 1.96 bits per heavy atom. The summed E-state index contributed by atoms with van der Waals surface area (Å²) in [6, 6.07) is 2.65. The number of aromatic nitrogens is 3. The highest BCUT2D eigenvalue weighted by molar-refractivity contribution is 6.07. The van der Waals surface area contributed by atoms with Gasteiger partial charge in [0.1, 0.15) is 11.5 Å². The lowest BCUT2D eigenvalue weighted by Crippen LogP contribution is -2.22. The van der Waals surface area contributed by atoms with E-state index in [2.05, 4.69) is 15.0 Å². The summed E-state index contributed by atoms with van der Waals surface area (Å²) < 4.78 is 19.2. The summed E-state index contributed by atoms with van der Waals surface area (Å²) in [5.74, 6) is -1.48. The van der Waals surface area contributed by atoms with Crippen LogP contribution in [-0.2, 0) is 4.74 Å². The molecule has 0 unspecified atom stereocenters. The Hall–Kier alpha value is -3.49. The van der Waals surface area contributed by atoms with Crippen LogP contribution in [0.15, 0.2) is 24.5 Å². The van der Waals surface area contributed by atoms with Crippen molar-refractivity contribution >= 4 is 28.6 Å². The number of rotatable bonds is 3. The fraction of sp³-hybridized carbons (Fsp3) is 0.176. The van der Waals surface area contributed by atoms with Gasteiger partial charge in [-0.05, 0) is 12.1 Å². The van der Waals surface area contributed by atoms with Gasteiger partial charge >= 0.3 is 5.97 Å². The highest BCUT2D eigenvalue weighted by Gasteiger charge is 2.19. The van der Waals surface area contributed by atoms with Gasteiger partial charge in [0.15, 0.2) is 5.82 Å². The van der Waals surface area contributed by atoms with Gasteiger partial charge in [-0.2, -0.15) is 0 Å². The van der Waals surface area contributed by atoms with Gasteiger partial charge in [-0.25, -0.2) is 14.2 Å². The number of hydrogen-bond acceptors (Lipinski definition) is 6. The van der Waals surface area contributed by atoms with Crippen LogP contribution in [0.2, 0.25) is 0 Å². The summed E-state index contributed by atoms with van der Waals surface area (Å²) >= 11 is 0. The van der Waals surface area contributed by atoms with E-state index in [1.807, 2.05) is 0 Å². The van der Waals surface area contributed by atoms with Crippen LogP contribution in [0.4, 0.5) is 10.2 Å². The second-order valence-corrected chi connectivity index (χ2v) is 5.77. The van der Waals surface area contributed by atoms with Crippen molar-refractivity contribution in [1.82, 2.24) is 19.9 Å². The first-order chi connectivity index (χ1) is 12.3. The van der Waals surface area contributed by atoms with Gasteiger partial charge in [0.2, 0.25) is 0 Å². The van der Waals surface area contributed by atoms with E-state index in [0.29, 0.717) is 16.6 Å². The molecule has 9 heteroatoms. The van der Waals surface area contributed by atoms with Crippen LogP contribution < -0.4 is 5.73 Å². The van der Waals surface area contributed by atoms with Crippen LogP contribution in [0.25, 0.3) is 22.3 Å². The van der Waals surface area contributed by atoms with Gasteiger partial charge in [-0.15, -0.1) is 0 Å². The highest BCUT2D eigenvalue weighted by atomic mass is 19.1. The smallest absolute Gasteiger partial charge is 0.340 e. The molecule has 1 amide bonds. The summed E-state index contributed by atoms with van der Waals surface area (Å²) in [4.78, 5) is 36.0. The third-order valence-corrected chi connectivity index (χ3v) is 3.85. The minimum Gasteiger partial charge on any atom is -0.465 e. The number of anilines is 1. The SMILES string of the molecule is COC(=O)c1cnc(N)c2[nH]c(-c3ncc(C(=O)N(C)C)cc3F)cc12. The predicted molar refractivity (Wildman–Crippen MR) is 93.1 cm³/mol. The molecule has 3 heterocycles. The Morgan fingerprint density at radius 1 is 1.23 bits per heavy atom. The third kappa shape index (κ3) is 2.83. The molecular weight excluding hydrogens is 341 g/mol. The van der Waals surface area contributed by atoms with E-state index < -0.39 is 11.8 Å². The van der Waals surface area contributed by atoms with Crippen LogP contribution in [0, 0.1) is 5.82 Å². The van der Waals surface area contributed by atoms with E-state index in [9.17, 15) is 14.0 Å². The van der Waals surface area contributed by atoms with Gasteiger partial charge in [0.25, 0.3) is 5.91 Å². The third-order valence-electron chi connectivity index (χ3n) is 3.85. The molecular formula is C17H16FN5O3. The molecule has 3 rings (SSSR count). The second-order valence-electron chi connectivity index (χ2n) is 5.77. The number of carbonyl (C=O) groups excluding carboxylic acids is 2. The number of carbonyl (C=O) groups is 2. The lowest BCUT2D eigenvalue weighted by Gasteiger charge is -2.10. The zero-order chi connectivity index (χ0) is 19.0. The largest absolute Gasteiger partial charge is 0.465 e. The molecule has 134 valence electrons. The zero-order valence-corrected chi connectivity index (χ0v) is 14.3. The fourth-order valence-electron chi connectivity index (χ4n) is 2.55. The maximum Gasteiger partial charge on any atom is 0.340 e. The first-order valence-corrected chi connectivity index (χ1v) is 7.56. The van der Waals surface area contributed by atoms with Crippen LogP contribution in [0.5, 0.6) is 0 Å². The average Bonchev–Trinajstić information content (AvgIpc) is 3.06. The van der Waals surface area contributed by atoms with Gasteiger partial charge in [0, 0.05) is 31.9 Å². The summed E-state index contributed by atoms with van der Waals surface area (Å²) in [6.07, 6.45) is 2.58. The van der Waals surface area contributed by atoms with Crippen molar-refractivity contribution in [2.75, 3.05) is 26.9 Å². The molecule has 0 saturated heterocycles. The molecule has 0 atom stereocenters. The van der Waals surface area contributed by atoms with E-state index in [4.69, 9.17) is 10.5 Å². The Balaban J connectivity index is 2.13. The number of methoxy groups -OCH3 is 1. The molecule has 0 aliphatic rings. The molecule has 0 aliphatic carbocycles. The molecule has 0 saturated carbocycles. The first-order valence-electron chi connectivity index (χ1n) is 7.56. The van der Waals surface area contributed by atoms with Crippen molar-refractivity contribution in [3.8, 4) is 11.4 Å². The quantitative estimate of drug-likeness (QED) is 0.691. The van der Waals surface area contributed by atoms with E-state index in [1.54, 1.807) is 20.2 Å². The molecule has 0 spiro atoms. The number of amides is 1. The highest BCUT2D eigenvalue weighted by Crippen LogP contribution is 2.29. The number of nitrogens with one attached hydrogen (secondary N) is 1. The van der Waals surface area contributed by atoms with Crippen LogP contribution in [-0.4, -0.2) is 52.9 Å². The number of fused-ring (bicyclic) bond motifs is 1. The van der Waals surface area contributed by atoms with Gasteiger partial charge in [-0.1, -0.05) is 0 Å². The number of halogens is 1. The molecule has 0 fully saturated rings. The average molecular weight is 357 g/mol. The van der Waals surface area contributed by atoms with E-state index >= 15 is 0 Å². The van der Waals surface area contributed by atoms with Crippen molar-refractivity contribution in [3.05, 3.63) is 41.5 Å². The summed E-state index contributed by atoms with van der Waals surface area (Å²) in [5, 5.41) is 0.439. The number of hydrogen-bond donors (Lipinski definition) is 2. The van der Waals surface area contributed by atoms with Crippen LogP contribution in [0.3, 0.4) is 0 Å². The van der Waals surface area contributed by atoms with Crippen molar-refractivity contribution in [2.24, 2.45) is 0 Å². The Kier molecular flexibility index (Phi) is 4.29. The monoisotopic (exact) mass is 357 g/mol. The molecule has 3 N–H and O–H groups in total. The lowest BCUT2D eigenvalue weighted by atomic mass is 10.1. The fourth-order valence-corrected chi connectivity index (χ4v) is 2.55.